The fourth-order valence-corrected chi connectivity index (χ4v) is 5.85. The number of amides is 3. The highest BCUT2D eigenvalue weighted by Crippen LogP contribution is 2.24. The molecule has 262 valence electrons. The summed E-state index contributed by atoms with van der Waals surface area (Å²) in [6.07, 6.45) is 3.77. The van der Waals surface area contributed by atoms with E-state index in [0.29, 0.717) is 63.5 Å². The molecule has 0 aliphatic rings. The topological polar surface area (TPSA) is 199 Å². The predicted octanol–water partition coefficient (Wildman–Crippen LogP) is 4.08. The summed E-state index contributed by atoms with van der Waals surface area (Å²) < 4.78 is 11.7. The number of methoxy groups -OCH3 is 1. The van der Waals surface area contributed by atoms with Gasteiger partial charge in [-0.05, 0) is 76.2 Å². The first-order chi connectivity index (χ1) is 24.5. The Morgan fingerprint density at radius 3 is 1.61 bits per heavy atom. The number of aryl methyl sites for hydroxylation is 4. The molecule has 0 aliphatic heterocycles. The lowest BCUT2D eigenvalue weighted by Gasteiger charge is -2.10. The lowest BCUT2D eigenvalue weighted by molar-refractivity contribution is 0.0600. The molecule has 2 aromatic carbocycles. The first-order valence-corrected chi connectivity index (χ1v) is 16.3. The summed E-state index contributed by atoms with van der Waals surface area (Å²) in [6, 6.07) is 13.3. The van der Waals surface area contributed by atoms with Gasteiger partial charge >= 0.3 is 5.97 Å². The van der Waals surface area contributed by atoms with Crippen LogP contribution >= 0.6 is 0 Å². The molecule has 0 bridgehead atoms. The number of rotatable bonds is 12. The Hall–Kier alpha value is -6.58. The molecule has 3 amide bonds. The number of esters is 1. The van der Waals surface area contributed by atoms with Gasteiger partial charge in [0.05, 0.1) is 46.1 Å². The minimum atomic E-state index is -0.595. The Labute approximate surface area is 291 Å². The van der Waals surface area contributed by atoms with Crippen LogP contribution in [0.15, 0.2) is 60.7 Å². The molecule has 0 radical (unpaired) electrons. The number of hydrogen-bond acceptors (Lipinski definition) is 9. The quantitative estimate of drug-likeness (QED) is 0.125. The third kappa shape index (κ3) is 6.83. The number of nitrogens with two attached hydrogens (primary N) is 1. The van der Waals surface area contributed by atoms with Crippen molar-refractivity contribution in [1.82, 2.24) is 38.7 Å². The van der Waals surface area contributed by atoms with Gasteiger partial charge < -0.3 is 19.6 Å². The lowest BCUT2D eigenvalue weighted by atomic mass is 10.2. The van der Waals surface area contributed by atoms with Crippen LogP contribution in [0.4, 0.5) is 11.9 Å². The van der Waals surface area contributed by atoms with Gasteiger partial charge in [0.15, 0.2) is 0 Å². The van der Waals surface area contributed by atoms with E-state index in [2.05, 4.69) is 30.8 Å². The molecule has 0 saturated heterocycles. The molecule has 0 atom stereocenters. The molecule has 6 rings (SSSR count). The average molecular weight is 692 g/mol. The number of anilines is 2. The van der Waals surface area contributed by atoms with Gasteiger partial charge in [-0.3, -0.25) is 34.4 Å². The fraction of sp³-hybridized carbons (Fsp3) is 0.257. The maximum Gasteiger partial charge on any atom is 0.337 e. The van der Waals surface area contributed by atoms with Gasteiger partial charge in [0, 0.05) is 31.7 Å². The van der Waals surface area contributed by atoms with E-state index >= 15 is 0 Å². The summed E-state index contributed by atoms with van der Waals surface area (Å²) in [4.78, 5) is 60.2. The van der Waals surface area contributed by atoms with Crippen LogP contribution in [0.2, 0.25) is 0 Å². The molecule has 0 spiro atoms. The number of imidazole rings is 2. The van der Waals surface area contributed by atoms with E-state index in [-0.39, 0.29) is 42.4 Å². The third-order valence-corrected chi connectivity index (χ3v) is 8.26. The first kappa shape index (κ1) is 34.3. The van der Waals surface area contributed by atoms with Crippen LogP contribution in [0, 0.1) is 13.8 Å². The Kier molecular flexibility index (Phi) is 9.48. The van der Waals surface area contributed by atoms with Crippen molar-refractivity contribution in [1.29, 1.82) is 0 Å². The van der Waals surface area contributed by atoms with Crippen molar-refractivity contribution >= 4 is 57.7 Å². The lowest BCUT2D eigenvalue weighted by Crippen LogP contribution is -2.20. The number of allylic oxidation sites excluding steroid dienone is 2. The SMILES string of the molecule is CCn1nc(C)cc1C(=O)Nc1nc2cc(C(N)=O)ccc2n1C/C=C/Cn1c(NC(=O)c2cc(C)nn2CC)nc2cc(C(=O)OC)ccc21. The second-order valence-electron chi connectivity index (χ2n) is 11.7. The number of aromatic nitrogens is 8. The van der Waals surface area contributed by atoms with Crippen LogP contribution < -0.4 is 16.4 Å². The summed E-state index contributed by atoms with van der Waals surface area (Å²) in [6.45, 7) is 9.01. The number of primary amides is 1. The van der Waals surface area contributed by atoms with Crippen molar-refractivity contribution in [2.75, 3.05) is 17.7 Å². The summed E-state index contributed by atoms with van der Waals surface area (Å²) >= 11 is 0. The van der Waals surface area contributed by atoms with Crippen molar-refractivity contribution in [3.63, 3.8) is 0 Å². The number of benzene rings is 2. The van der Waals surface area contributed by atoms with Crippen molar-refractivity contribution in [3.05, 3.63) is 94.6 Å². The molecule has 51 heavy (non-hydrogen) atoms. The van der Waals surface area contributed by atoms with Crippen LogP contribution in [-0.4, -0.2) is 69.5 Å². The summed E-state index contributed by atoms with van der Waals surface area (Å²) in [5, 5.41) is 14.6. The zero-order valence-electron chi connectivity index (χ0n) is 28.8. The van der Waals surface area contributed by atoms with Crippen molar-refractivity contribution in [2.24, 2.45) is 5.73 Å². The maximum absolute atomic E-state index is 13.4. The zero-order chi connectivity index (χ0) is 36.4. The zero-order valence-corrected chi connectivity index (χ0v) is 28.8. The number of nitrogens with one attached hydrogen (secondary N) is 2. The Balaban J connectivity index is 1.32. The van der Waals surface area contributed by atoms with Gasteiger partial charge in [-0.25, -0.2) is 14.8 Å². The van der Waals surface area contributed by atoms with Crippen molar-refractivity contribution in [3.8, 4) is 0 Å². The van der Waals surface area contributed by atoms with E-state index in [1.54, 1.807) is 62.5 Å². The fourth-order valence-electron chi connectivity index (χ4n) is 5.85. The summed E-state index contributed by atoms with van der Waals surface area (Å²) in [5.41, 5.74) is 10.6. The van der Waals surface area contributed by atoms with Crippen LogP contribution in [0.5, 0.6) is 0 Å². The number of carbonyl (C=O) groups is 4. The maximum atomic E-state index is 13.4. The highest BCUT2D eigenvalue weighted by molar-refractivity contribution is 6.04. The Morgan fingerprint density at radius 2 is 1.18 bits per heavy atom. The normalized spacial score (nSPS) is 11.5. The monoisotopic (exact) mass is 691 g/mol. The second-order valence-corrected chi connectivity index (χ2v) is 11.7. The van der Waals surface area contributed by atoms with Crippen LogP contribution in [0.25, 0.3) is 22.1 Å². The Morgan fingerprint density at radius 1 is 0.725 bits per heavy atom. The summed E-state index contributed by atoms with van der Waals surface area (Å²) in [5.74, 6) is -1.33. The highest BCUT2D eigenvalue weighted by Gasteiger charge is 2.21. The van der Waals surface area contributed by atoms with E-state index in [1.807, 2.05) is 44.4 Å². The molecule has 6 aromatic rings. The standard InChI is InChI=1S/C35H37N11O5/c1-6-45-28(16-20(3)41-45)31(48)39-34-37-24-18-22(30(36)47)10-12-26(24)43(34)14-8-9-15-44-27-13-11-23(33(50)51-5)19-25(27)38-35(44)40-32(49)29-17-21(4)42-46(29)7-2/h8-13,16-19H,6-7,14-15H2,1-5H3,(H2,36,47)(H,37,39,48)(H,38,40,49)/b9-8+. The minimum Gasteiger partial charge on any atom is -0.465 e. The number of fused-ring (bicyclic) bond motifs is 2. The number of nitrogens with zero attached hydrogens (tertiary/aromatic N) is 8. The molecule has 0 fully saturated rings. The minimum absolute atomic E-state index is 0.266. The van der Waals surface area contributed by atoms with Gasteiger partial charge in [0.1, 0.15) is 11.4 Å². The van der Waals surface area contributed by atoms with Gasteiger partial charge in [-0.2, -0.15) is 10.2 Å². The predicted molar refractivity (Wildman–Crippen MR) is 190 cm³/mol. The van der Waals surface area contributed by atoms with Gasteiger partial charge in [-0.1, -0.05) is 12.2 Å². The van der Waals surface area contributed by atoms with Gasteiger partial charge in [-0.15, -0.1) is 0 Å². The van der Waals surface area contributed by atoms with Crippen LogP contribution in [0.3, 0.4) is 0 Å². The number of ether oxygens (including phenoxy) is 1. The highest BCUT2D eigenvalue weighted by atomic mass is 16.5. The average Bonchev–Trinajstić information content (AvgIpc) is 3.87. The van der Waals surface area contributed by atoms with Gasteiger partial charge in [0.2, 0.25) is 17.8 Å². The third-order valence-electron chi connectivity index (χ3n) is 8.26. The molecular weight excluding hydrogens is 654 g/mol. The number of carbonyl (C=O) groups excluding carboxylic acids is 4. The van der Waals surface area contributed by atoms with Crippen LogP contribution in [0.1, 0.15) is 66.9 Å². The van der Waals surface area contributed by atoms with E-state index in [4.69, 9.17) is 10.5 Å². The molecule has 4 heterocycles. The smallest absolute Gasteiger partial charge is 0.337 e. The van der Waals surface area contributed by atoms with Crippen molar-refractivity contribution in [2.45, 2.75) is 53.9 Å². The molecule has 16 nitrogen and oxygen atoms in total. The molecular formula is C35H37N11O5. The van der Waals surface area contributed by atoms with Crippen molar-refractivity contribution < 1.29 is 23.9 Å². The van der Waals surface area contributed by atoms with Gasteiger partial charge in [0.25, 0.3) is 11.8 Å². The molecule has 0 unspecified atom stereocenters. The van der Waals surface area contributed by atoms with E-state index in [1.165, 1.54) is 7.11 Å². The molecule has 4 aromatic heterocycles. The molecule has 16 heteroatoms. The number of hydrogen-bond donors (Lipinski definition) is 3. The molecule has 0 saturated carbocycles. The molecule has 4 N–H and O–H groups in total. The van der Waals surface area contributed by atoms with E-state index in [9.17, 15) is 19.2 Å². The Bertz CT molecular complexity index is 2360. The summed E-state index contributed by atoms with van der Waals surface area (Å²) in [7, 11) is 1.30. The van der Waals surface area contributed by atoms with E-state index < -0.39 is 11.9 Å². The largest absolute Gasteiger partial charge is 0.465 e. The first-order valence-electron chi connectivity index (χ1n) is 16.3. The van der Waals surface area contributed by atoms with Crippen LogP contribution in [-0.2, 0) is 30.9 Å². The van der Waals surface area contributed by atoms with E-state index in [0.717, 1.165) is 0 Å². The molecule has 0 aliphatic carbocycles. The second kappa shape index (κ2) is 14.1.